The third-order valence-corrected chi connectivity index (χ3v) is 5.34. The van der Waals surface area contributed by atoms with Gasteiger partial charge < -0.3 is 15.0 Å². The monoisotopic (exact) mass is 438 g/mol. The number of halogens is 1. The van der Waals surface area contributed by atoms with Crippen LogP contribution < -0.4 is 10.1 Å². The molecule has 2 amide bonds. The quantitative estimate of drug-likeness (QED) is 0.613. The predicted molar refractivity (Wildman–Crippen MR) is 118 cm³/mol. The molecule has 0 aliphatic carbocycles. The van der Waals surface area contributed by atoms with Crippen molar-refractivity contribution in [3.05, 3.63) is 70.9 Å². The van der Waals surface area contributed by atoms with E-state index in [1.807, 2.05) is 43.3 Å². The summed E-state index contributed by atoms with van der Waals surface area (Å²) in [5, 5.41) is 8.05. The minimum Gasteiger partial charge on any atom is -0.494 e. The molecule has 1 aromatic heterocycles. The summed E-state index contributed by atoms with van der Waals surface area (Å²) in [6.45, 7) is 3.78. The normalized spacial score (nSPS) is 13.1. The lowest BCUT2D eigenvalue weighted by Crippen LogP contribution is -2.45. The van der Waals surface area contributed by atoms with E-state index in [0.717, 1.165) is 16.9 Å². The van der Waals surface area contributed by atoms with Gasteiger partial charge in [-0.25, -0.2) is 0 Å². The van der Waals surface area contributed by atoms with Gasteiger partial charge in [0.2, 0.25) is 5.91 Å². The van der Waals surface area contributed by atoms with Crippen LogP contribution in [-0.2, 0) is 17.9 Å². The van der Waals surface area contributed by atoms with E-state index in [-0.39, 0.29) is 18.4 Å². The highest BCUT2D eigenvalue weighted by atomic mass is 35.5. The van der Waals surface area contributed by atoms with Gasteiger partial charge in [-0.2, -0.15) is 5.10 Å². The molecule has 1 aliphatic rings. The molecule has 0 saturated carbocycles. The van der Waals surface area contributed by atoms with E-state index in [1.54, 1.807) is 27.8 Å². The molecule has 4 rings (SSSR count). The summed E-state index contributed by atoms with van der Waals surface area (Å²) < 4.78 is 7.28. The van der Waals surface area contributed by atoms with Crippen LogP contribution in [0.5, 0.6) is 5.75 Å². The highest BCUT2D eigenvalue weighted by Crippen LogP contribution is 2.24. The van der Waals surface area contributed by atoms with Gasteiger partial charge in [0, 0.05) is 29.2 Å². The lowest BCUT2D eigenvalue weighted by atomic mass is 10.1. The molecule has 0 unspecified atom stereocenters. The van der Waals surface area contributed by atoms with Crippen molar-refractivity contribution in [3.8, 4) is 17.0 Å². The number of nitrogens with zero attached hydrogens (tertiary/aromatic N) is 3. The van der Waals surface area contributed by atoms with Gasteiger partial charge in [-0.15, -0.1) is 0 Å². The molecule has 160 valence electrons. The van der Waals surface area contributed by atoms with Gasteiger partial charge in [0.1, 0.15) is 11.4 Å². The number of carbonyl (C=O) groups is 2. The Morgan fingerprint density at radius 3 is 2.71 bits per heavy atom. The first-order valence-electron chi connectivity index (χ1n) is 10.2. The summed E-state index contributed by atoms with van der Waals surface area (Å²) in [6.07, 6.45) is 0. The molecule has 7 nitrogen and oxygen atoms in total. The van der Waals surface area contributed by atoms with Crippen LogP contribution in [-0.4, -0.2) is 46.2 Å². The number of hydrogen-bond donors (Lipinski definition) is 1. The zero-order valence-corrected chi connectivity index (χ0v) is 17.9. The SMILES string of the molecule is CCOc1ccccc1CNC(=O)CN1CCn2nc(-c3ccc(Cl)cc3)cc2C1=O. The average molecular weight is 439 g/mol. The Labute approximate surface area is 185 Å². The van der Waals surface area contributed by atoms with Gasteiger partial charge in [0.15, 0.2) is 0 Å². The maximum absolute atomic E-state index is 12.9. The van der Waals surface area contributed by atoms with Gasteiger partial charge in [0.05, 0.1) is 25.4 Å². The topological polar surface area (TPSA) is 76.5 Å². The third-order valence-electron chi connectivity index (χ3n) is 5.09. The largest absolute Gasteiger partial charge is 0.494 e. The fourth-order valence-corrected chi connectivity index (χ4v) is 3.65. The van der Waals surface area contributed by atoms with Crippen LogP contribution in [0.4, 0.5) is 0 Å². The Morgan fingerprint density at radius 1 is 1.16 bits per heavy atom. The van der Waals surface area contributed by atoms with E-state index in [2.05, 4.69) is 10.4 Å². The van der Waals surface area contributed by atoms with Crippen LogP contribution in [0.15, 0.2) is 54.6 Å². The smallest absolute Gasteiger partial charge is 0.272 e. The number of ether oxygens (including phenoxy) is 1. The van der Waals surface area contributed by atoms with Crippen LogP contribution in [0, 0.1) is 0 Å². The zero-order chi connectivity index (χ0) is 21.8. The number of carbonyl (C=O) groups excluding carboxylic acids is 2. The maximum atomic E-state index is 12.9. The zero-order valence-electron chi connectivity index (χ0n) is 17.2. The Balaban J connectivity index is 1.39. The molecular weight excluding hydrogens is 416 g/mol. The lowest BCUT2D eigenvalue weighted by molar-refractivity contribution is -0.122. The van der Waals surface area contributed by atoms with E-state index < -0.39 is 0 Å². The number of benzene rings is 2. The average Bonchev–Trinajstić information content (AvgIpc) is 3.21. The van der Waals surface area contributed by atoms with E-state index >= 15 is 0 Å². The van der Waals surface area contributed by atoms with Gasteiger partial charge >= 0.3 is 0 Å². The lowest BCUT2D eigenvalue weighted by Gasteiger charge is -2.26. The van der Waals surface area contributed by atoms with Crippen molar-refractivity contribution in [2.75, 3.05) is 19.7 Å². The van der Waals surface area contributed by atoms with Crippen molar-refractivity contribution < 1.29 is 14.3 Å². The highest BCUT2D eigenvalue weighted by molar-refractivity contribution is 6.30. The predicted octanol–water partition coefficient (Wildman–Crippen LogP) is 3.37. The van der Waals surface area contributed by atoms with E-state index in [0.29, 0.717) is 42.7 Å². The Morgan fingerprint density at radius 2 is 1.94 bits per heavy atom. The molecule has 0 fully saturated rings. The molecule has 0 bridgehead atoms. The molecule has 0 spiro atoms. The fraction of sp³-hybridized carbons (Fsp3) is 0.261. The molecule has 31 heavy (non-hydrogen) atoms. The van der Waals surface area contributed by atoms with Gasteiger partial charge in [-0.05, 0) is 31.2 Å². The van der Waals surface area contributed by atoms with Gasteiger partial charge in [-0.3, -0.25) is 14.3 Å². The summed E-state index contributed by atoms with van der Waals surface area (Å²) in [6, 6.07) is 16.6. The Bertz CT molecular complexity index is 1090. The second kappa shape index (κ2) is 9.22. The molecule has 1 N–H and O–H groups in total. The standard InChI is InChI=1S/C23H23ClN4O3/c1-2-31-21-6-4-3-5-17(21)14-25-22(29)15-27-11-12-28-20(23(27)30)13-19(26-28)16-7-9-18(24)10-8-16/h3-10,13H,2,11-12,14-15H2,1H3,(H,25,29). The molecule has 0 radical (unpaired) electrons. The van der Waals surface area contributed by atoms with Crippen LogP contribution in [0.1, 0.15) is 23.0 Å². The second-order valence-electron chi connectivity index (χ2n) is 7.19. The number of amides is 2. The van der Waals surface area contributed by atoms with Gasteiger partial charge in [-0.1, -0.05) is 41.9 Å². The summed E-state index contributed by atoms with van der Waals surface area (Å²) >= 11 is 5.95. The Kier molecular flexibility index (Phi) is 6.23. The minimum absolute atomic E-state index is 0.00288. The molecule has 2 aromatic carbocycles. The molecule has 3 aromatic rings. The first-order valence-corrected chi connectivity index (χ1v) is 10.5. The van der Waals surface area contributed by atoms with Crippen LogP contribution >= 0.6 is 11.6 Å². The molecule has 2 heterocycles. The van der Waals surface area contributed by atoms with Crippen LogP contribution in [0.2, 0.25) is 5.02 Å². The Hall–Kier alpha value is -3.32. The minimum atomic E-state index is -0.217. The highest BCUT2D eigenvalue weighted by Gasteiger charge is 2.28. The molecular formula is C23H23ClN4O3. The number of hydrogen-bond acceptors (Lipinski definition) is 4. The molecule has 0 atom stereocenters. The first-order chi connectivity index (χ1) is 15.0. The molecule has 8 heteroatoms. The summed E-state index contributed by atoms with van der Waals surface area (Å²) in [5.74, 6) is 0.326. The van der Waals surface area contributed by atoms with Crippen LogP contribution in [0.25, 0.3) is 11.3 Å². The van der Waals surface area contributed by atoms with Crippen LogP contribution in [0.3, 0.4) is 0 Å². The number of nitrogens with one attached hydrogen (secondary N) is 1. The van der Waals surface area contributed by atoms with E-state index in [9.17, 15) is 9.59 Å². The van der Waals surface area contributed by atoms with Crippen molar-refractivity contribution in [1.82, 2.24) is 20.0 Å². The van der Waals surface area contributed by atoms with Crippen molar-refractivity contribution in [2.45, 2.75) is 20.0 Å². The molecule has 0 saturated heterocycles. The molecule has 1 aliphatic heterocycles. The summed E-state index contributed by atoms with van der Waals surface area (Å²) in [5.41, 5.74) is 2.97. The number of para-hydroxylation sites is 1. The summed E-state index contributed by atoms with van der Waals surface area (Å²) in [7, 11) is 0. The van der Waals surface area contributed by atoms with Crippen molar-refractivity contribution in [3.63, 3.8) is 0 Å². The maximum Gasteiger partial charge on any atom is 0.272 e. The van der Waals surface area contributed by atoms with Crippen molar-refractivity contribution >= 4 is 23.4 Å². The third kappa shape index (κ3) is 4.72. The number of aromatic nitrogens is 2. The van der Waals surface area contributed by atoms with Crippen molar-refractivity contribution in [2.24, 2.45) is 0 Å². The number of fused-ring (bicyclic) bond motifs is 1. The fourth-order valence-electron chi connectivity index (χ4n) is 3.52. The first kappa shape index (κ1) is 20.9. The van der Waals surface area contributed by atoms with E-state index in [1.165, 1.54) is 0 Å². The second-order valence-corrected chi connectivity index (χ2v) is 7.63. The number of rotatable bonds is 7. The van der Waals surface area contributed by atoms with Gasteiger partial charge in [0.25, 0.3) is 5.91 Å². The van der Waals surface area contributed by atoms with Crippen molar-refractivity contribution in [1.29, 1.82) is 0 Å². The summed E-state index contributed by atoms with van der Waals surface area (Å²) in [4.78, 5) is 26.9. The van der Waals surface area contributed by atoms with E-state index in [4.69, 9.17) is 16.3 Å².